The predicted octanol–water partition coefficient (Wildman–Crippen LogP) is 3.57. The molecule has 1 aromatic rings. The molecule has 4 heteroatoms. The van der Waals surface area contributed by atoms with Crippen molar-refractivity contribution in [3.05, 3.63) is 29.3 Å². The number of piperidine rings is 1. The Morgan fingerprint density at radius 1 is 1.32 bits per heavy atom. The first kappa shape index (κ1) is 18.2. The number of nitrogens with one attached hydrogen (secondary N) is 2. The van der Waals surface area contributed by atoms with Gasteiger partial charge in [-0.25, -0.2) is 0 Å². The van der Waals surface area contributed by atoms with Gasteiger partial charge in [-0.2, -0.15) is 0 Å². The van der Waals surface area contributed by atoms with Crippen molar-refractivity contribution in [2.75, 3.05) is 19.7 Å². The molecule has 0 bridgehead atoms. The third-order valence-electron chi connectivity index (χ3n) is 5.79. The maximum Gasteiger partial charge on any atom is 0.223 e. The molecular formula is C21H32N2O2. The first-order chi connectivity index (χ1) is 12.1. The molecule has 1 heterocycles. The number of unbranched alkanes of at least 4 members (excludes halogenated alkanes) is 2. The number of carbonyl (C=O) groups excluding carboxylic acids is 1. The molecule has 1 spiro atoms. The maximum absolute atomic E-state index is 12.6. The number of hydrogen-bond acceptors (Lipinski definition) is 3. The lowest BCUT2D eigenvalue weighted by Gasteiger charge is -2.23. The molecule has 1 amide bonds. The van der Waals surface area contributed by atoms with Gasteiger partial charge in [0.05, 0.1) is 6.61 Å². The van der Waals surface area contributed by atoms with Crippen LogP contribution in [0.25, 0.3) is 0 Å². The van der Waals surface area contributed by atoms with Crippen molar-refractivity contribution in [3.8, 4) is 5.75 Å². The van der Waals surface area contributed by atoms with E-state index in [9.17, 15) is 4.79 Å². The first-order valence-electron chi connectivity index (χ1n) is 9.85. The number of benzene rings is 1. The van der Waals surface area contributed by atoms with Gasteiger partial charge in [0.1, 0.15) is 5.75 Å². The standard InChI is InChI=1S/C21H32N2O2/c1-3-4-5-12-25-19-13-16(2)6-7-17(19)15-23-20(24)18-14-21(18)8-10-22-11-9-21/h6-7,13,18,22H,3-5,8-12,14-15H2,1-2H3,(H,23,24). The van der Waals surface area contributed by atoms with Crippen LogP contribution in [0.4, 0.5) is 0 Å². The molecule has 1 unspecified atom stereocenters. The van der Waals surface area contributed by atoms with E-state index in [1.165, 1.54) is 18.4 Å². The van der Waals surface area contributed by atoms with Crippen LogP contribution in [0.3, 0.4) is 0 Å². The van der Waals surface area contributed by atoms with Gasteiger partial charge in [0, 0.05) is 18.0 Å². The van der Waals surface area contributed by atoms with Crippen LogP contribution in [-0.4, -0.2) is 25.6 Å². The van der Waals surface area contributed by atoms with Crippen LogP contribution in [-0.2, 0) is 11.3 Å². The lowest BCUT2D eigenvalue weighted by atomic mass is 9.92. The summed E-state index contributed by atoms with van der Waals surface area (Å²) < 4.78 is 5.98. The molecule has 0 radical (unpaired) electrons. The summed E-state index contributed by atoms with van der Waals surface area (Å²) in [6.07, 6.45) is 6.81. The van der Waals surface area contributed by atoms with Gasteiger partial charge < -0.3 is 15.4 Å². The molecule has 3 rings (SSSR count). The van der Waals surface area contributed by atoms with Crippen molar-refractivity contribution in [2.45, 2.75) is 58.9 Å². The van der Waals surface area contributed by atoms with Gasteiger partial charge in [0.25, 0.3) is 0 Å². The largest absolute Gasteiger partial charge is 0.493 e. The Bertz CT molecular complexity index is 594. The number of rotatable bonds is 8. The lowest BCUT2D eigenvalue weighted by molar-refractivity contribution is -0.123. The molecule has 1 aromatic carbocycles. The van der Waals surface area contributed by atoms with E-state index in [0.29, 0.717) is 12.0 Å². The Kier molecular flexibility index (Phi) is 6.00. The summed E-state index contributed by atoms with van der Waals surface area (Å²) in [6, 6.07) is 6.25. The highest BCUT2D eigenvalue weighted by Crippen LogP contribution is 2.58. The van der Waals surface area contributed by atoms with Crippen molar-refractivity contribution in [2.24, 2.45) is 11.3 Å². The van der Waals surface area contributed by atoms with Crippen molar-refractivity contribution >= 4 is 5.91 Å². The van der Waals surface area contributed by atoms with Crippen LogP contribution in [0.5, 0.6) is 5.75 Å². The van der Waals surface area contributed by atoms with Gasteiger partial charge in [0.2, 0.25) is 5.91 Å². The highest BCUT2D eigenvalue weighted by molar-refractivity contribution is 5.82. The molecule has 2 aliphatic rings. The number of carbonyl (C=O) groups is 1. The molecule has 138 valence electrons. The summed E-state index contributed by atoms with van der Waals surface area (Å²) in [5.41, 5.74) is 2.56. The SMILES string of the molecule is CCCCCOc1cc(C)ccc1CNC(=O)C1CC12CCNCC2. The highest BCUT2D eigenvalue weighted by Gasteiger charge is 2.57. The Hall–Kier alpha value is -1.55. The molecule has 1 aliphatic heterocycles. The fraction of sp³-hybridized carbons (Fsp3) is 0.667. The quantitative estimate of drug-likeness (QED) is 0.709. The Morgan fingerprint density at radius 2 is 2.12 bits per heavy atom. The number of amides is 1. The van der Waals surface area contributed by atoms with E-state index in [-0.39, 0.29) is 11.8 Å². The molecule has 1 aliphatic carbocycles. The molecule has 1 saturated carbocycles. The van der Waals surface area contributed by atoms with E-state index >= 15 is 0 Å². The third-order valence-corrected chi connectivity index (χ3v) is 5.79. The average molecular weight is 344 g/mol. The second-order valence-corrected chi connectivity index (χ2v) is 7.75. The van der Waals surface area contributed by atoms with Crippen LogP contribution in [0, 0.1) is 18.3 Å². The summed E-state index contributed by atoms with van der Waals surface area (Å²) in [5.74, 6) is 1.36. The molecule has 1 saturated heterocycles. The van der Waals surface area contributed by atoms with Crippen LogP contribution < -0.4 is 15.4 Å². The summed E-state index contributed by atoms with van der Waals surface area (Å²) in [4.78, 5) is 12.6. The molecule has 25 heavy (non-hydrogen) atoms. The zero-order valence-electron chi connectivity index (χ0n) is 15.7. The topological polar surface area (TPSA) is 50.4 Å². The van der Waals surface area contributed by atoms with E-state index in [1.807, 2.05) is 0 Å². The number of aryl methyl sites for hydroxylation is 1. The third kappa shape index (κ3) is 4.55. The minimum absolute atomic E-state index is 0.217. The van der Waals surface area contributed by atoms with Gasteiger partial charge in [-0.1, -0.05) is 31.9 Å². The van der Waals surface area contributed by atoms with Gasteiger partial charge in [-0.3, -0.25) is 4.79 Å². The summed E-state index contributed by atoms with van der Waals surface area (Å²) >= 11 is 0. The smallest absolute Gasteiger partial charge is 0.223 e. The van der Waals surface area contributed by atoms with Gasteiger partial charge in [0.15, 0.2) is 0 Å². The van der Waals surface area contributed by atoms with E-state index in [4.69, 9.17) is 4.74 Å². The van der Waals surface area contributed by atoms with E-state index in [1.54, 1.807) is 0 Å². The second-order valence-electron chi connectivity index (χ2n) is 7.75. The second kappa shape index (κ2) is 8.22. The Morgan fingerprint density at radius 3 is 2.88 bits per heavy atom. The minimum Gasteiger partial charge on any atom is -0.493 e. The normalized spacial score (nSPS) is 21.1. The summed E-state index contributed by atoms with van der Waals surface area (Å²) in [7, 11) is 0. The van der Waals surface area contributed by atoms with Crippen molar-refractivity contribution in [1.29, 1.82) is 0 Å². The fourth-order valence-electron chi connectivity index (χ4n) is 3.98. The highest BCUT2D eigenvalue weighted by atomic mass is 16.5. The Balaban J connectivity index is 1.53. The first-order valence-corrected chi connectivity index (χ1v) is 9.85. The van der Waals surface area contributed by atoms with E-state index in [0.717, 1.165) is 56.7 Å². The zero-order valence-corrected chi connectivity index (χ0v) is 15.7. The lowest BCUT2D eigenvalue weighted by Crippen LogP contribution is -2.33. The van der Waals surface area contributed by atoms with E-state index in [2.05, 4.69) is 42.7 Å². The van der Waals surface area contributed by atoms with Crippen molar-refractivity contribution in [3.63, 3.8) is 0 Å². The van der Waals surface area contributed by atoms with Crippen LogP contribution in [0.2, 0.25) is 0 Å². The fourth-order valence-corrected chi connectivity index (χ4v) is 3.98. The molecular weight excluding hydrogens is 312 g/mol. The van der Waals surface area contributed by atoms with Gasteiger partial charge >= 0.3 is 0 Å². The van der Waals surface area contributed by atoms with Crippen molar-refractivity contribution < 1.29 is 9.53 Å². The number of ether oxygens (including phenoxy) is 1. The average Bonchev–Trinajstić information content (AvgIpc) is 3.31. The molecule has 2 N–H and O–H groups in total. The van der Waals surface area contributed by atoms with Crippen molar-refractivity contribution in [1.82, 2.24) is 10.6 Å². The molecule has 1 atom stereocenters. The minimum atomic E-state index is 0.217. The van der Waals surface area contributed by atoms with Crippen LogP contribution in [0.15, 0.2) is 18.2 Å². The van der Waals surface area contributed by atoms with Gasteiger partial charge in [-0.05, 0) is 62.7 Å². The van der Waals surface area contributed by atoms with Crippen LogP contribution >= 0.6 is 0 Å². The Labute approximate surface area is 151 Å². The van der Waals surface area contributed by atoms with E-state index < -0.39 is 0 Å². The van der Waals surface area contributed by atoms with Crippen LogP contribution in [0.1, 0.15) is 56.6 Å². The molecule has 2 fully saturated rings. The zero-order chi connectivity index (χ0) is 17.7. The number of hydrogen-bond donors (Lipinski definition) is 2. The predicted molar refractivity (Wildman–Crippen MR) is 101 cm³/mol. The van der Waals surface area contributed by atoms with Gasteiger partial charge in [-0.15, -0.1) is 0 Å². The summed E-state index contributed by atoms with van der Waals surface area (Å²) in [5, 5.41) is 6.55. The molecule has 4 nitrogen and oxygen atoms in total. The maximum atomic E-state index is 12.6. The summed E-state index contributed by atoms with van der Waals surface area (Å²) in [6.45, 7) is 7.69. The molecule has 0 aromatic heterocycles. The monoisotopic (exact) mass is 344 g/mol.